The fourth-order valence-electron chi connectivity index (χ4n) is 3.91. The second-order valence-corrected chi connectivity index (χ2v) is 7.29. The third-order valence-corrected chi connectivity index (χ3v) is 5.39. The average Bonchev–Trinajstić information content (AvgIpc) is 3.39. The van der Waals surface area contributed by atoms with Gasteiger partial charge in [-0.15, -0.1) is 0 Å². The summed E-state index contributed by atoms with van der Waals surface area (Å²) in [6.07, 6.45) is 3.08. The molecule has 8 heteroatoms. The van der Waals surface area contributed by atoms with Gasteiger partial charge in [0.2, 0.25) is 6.79 Å². The normalized spacial score (nSPS) is 20.5. The van der Waals surface area contributed by atoms with Crippen LogP contribution in [0.2, 0.25) is 0 Å². The van der Waals surface area contributed by atoms with E-state index in [1.54, 1.807) is 17.0 Å². The van der Waals surface area contributed by atoms with Gasteiger partial charge in [0.15, 0.2) is 17.3 Å². The van der Waals surface area contributed by atoms with Crippen LogP contribution in [0.25, 0.3) is 0 Å². The molecule has 0 bridgehead atoms. The van der Waals surface area contributed by atoms with Gasteiger partial charge in [0, 0.05) is 25.5 Å². The monoisotopic (exact) mass is 399 g/mol. The predicted molar refractivity (Wildman–Crippen MR) is 99.7 cm³/mol. The molecule has 2 aromatic rings. The van der Waals surface area contributed by atoms with Crippen molar-refractivity contribution in [2.45, 2.75) is 25.4 Å². The number of fused-ring (bicyclic) bond motifs is 2. The van der Waals surface area contributed by atoms with Crippen LogP contribution in [-0.4, -0.2) is 55.8 Å². The van der Waals surface area contributed by atoms with Crippen LogP contribution in [0.4, 0.5) is 0 Å². The van der Waals surface area contributed by atoms with Crippen LogP contribution in [-0.2, 0) is 11.2 Å². The van der Waals surface area contributed by atoms with Gasteiger partial charge in [-0.1, -0.05) is 0 Å². The SMILES string of the molecule is O=C1CCCc2occ(C(=O)N3CCOC(COc4ccc5c(c4)OCO5)C3)c21. The lowest BCUT2D eigenvalue weighted by Gasteiger charge is -2.32. The highest BCUT2D eigenvalue weighted by Crippen LogP contribution is 2.35. The Kier molecular flexibility index (Phi) is 4.63. The number of carbonyl (C=O) groups is 2. The first-order valence-corrected chi connectivity index (χ1v) is 9.76. The van der Waals surface area contributed by atoms with E-state index in [2.05, 4.69) is 0 Å². The van der Waals surface area contributed by atoms with Crippen molar-refractivity contribution in [1.29, 1.82) is 0 Å². The number of hydrogen-bond donors (Lipinski definition) is 0. The minimum Gasteiger partial charge on any atom is -0.491 e. The number of nitrogens with zero attached hydrogens (tertiary/aromatic N) is 1. The lowest BCUT2D eigenvalue weighted by molar-refractivity contribution is -0.0401. The van der Waals surface area contributed by atoms with Crippen LogP contribution in [0.3, 0.4) is 0 Å². The van der Waals surface area contributed by atoms with Crippen molar-refractivity contribution in [2.75, 3.05) is 33.1 Å². The van der Waals surface area contributed by atoms with Crippen molar-refractivity contribution >= 4 is 11.7 Å². The first-order chi connectivity index (χ1) is 14.2. The molecule has 0 radical (unpaired) electrons. The molecule has 1 amide bonds. The number of amides is 1. The molecule has 1 aromatic carbocycles. The molecule has 3 heterocycles. The highest BCUT2D eigenvalue weighted by atomic mass is 16.7. The van der Waals surface area contributed by atoms with Crippen LogP contribution in [0.15, 0.2) is 28.9 Å². The Morgan fingerprint density at radius 3 is 3.03 bits per heavy atom. The Balaban J connectivity index is 1.23. The molecule has 1 aromatic heterocycles. The van der Waals surface area contributed by atoms with E-state index in [4.69, 9.17) is 23.4 Å². The molecule has 1 atom stereocenters. The molecule has 0 saturated carbocycles. The number of Topliss-reactive ketones (excluding diaryl/α,β-unsaturated/α-hetero) is 1. The third-order valence-electron chi connectivity index (χ3n) is 5.39. The van der Waals surface area contributed by atoms with E-state index in [1.807, 2.05) is 6.07 Å². The zero-order valence-electron chi connectivity index (χ0n) is 15.8. The lowest BCUT2D eigenvalue weighted by Crippen LogP contribution is -2.47. The van der Waals surface area contributed by atoms with Crippen molar-refractivity contribution in [2.24, 2.45) is 0 Å². The van der Waals surface area contributed by atoms with Crippen molar-refractivity contribution < 1.29 is 33.0 Å². The van der Waals surface area contributed by atoms with E-state index < -0.39 is 0 Å². The summed E-state index contributed by atoms with van der Waals surface area (Å²) in [5, 5.41) is 0. The molecule has 8 nitrogen and oxygen atoms in total. The van der Waals surface area contributed by atoms with Gasteiger partial charge in [-0.2, -0.15) is 0 Å². The summed E-state index contributed by atoms with van der Waals surface area (Å²) in [4.78, 5) is 27.0. The van der Waals surface area contributed by atoms with Gasteiger partial charge in [-0.05, 0) is 18.6 Å². The molecule has 29 heavy (non-hydrogen) atoms. The molecule has 3 aliphatic rings. The lowest BCUT2D eigenvalue weighted by atomic mass is 9.93. The number of ketones is 1. The van der Waals surface area contributed by atoms with Gasteiger partial charge in [0.1, 0.15) is 30.5 Å². The van der Waals surface area contributed by atoms with Gasteiger partial charge in [-0.3, -0.25) is 9.59 Å². The highest BCUT2D eigenvalue weighted by Gasteiger charge is 2.32. The Morgan fingerprint density at radius 1 is 1.21 bits per heavy atom. The van der Waals surface area contributed by atoms with Crippen molar-refractivity contribution in [3.63, 3.8) is 0 Å². The summed E-state index contributed by atoms with van der Waals surface area (Å²) in [6, 6.07) is 5.38. The number of hydrogen-bond acceptors (Lipinski definition) is 7. The fraction of sp³-hybridized carbons (Fsp3) is 0.429. The molecule has 5 rings (SSSR count). The van der Waals surface area contributed by atoms with E-state index in [0.717, 1.165) is 6.42 Å². The first kappa shape index (κ1) is 18.1. The average molecular weight is 399 g/mol. The van der Waals surface area contributed by atoms with Crippen LogP contribution in [0.5, 0.6) is 17.2 Å². The summed E-state index contributed by atoms with van der Waals surface area (Å²) in [7, 11) is 0. The maximum Gasteiger partial charge on any atom is 0.258 e. The van der Waals surface area contributed by atoms with E-state index in [1.165, 1.54) is 6.26 Å². The van der Waals surface area contributed by atoms with Gasteiger partial charge in [0.05, 0.1) is 24.3 Å². The molecule has 152 valence electrons. The smallest absolute Gasteiger partial charge is 0.258 e. The third kappa shape index (κ3) is 3.44. The van der Waals surface area contributed by atoms with E-state index in [-0.39, 0.29) is 24.6 Å². The molecule has 1 saturated heterocycles. The number of benzene rings is 1. The first-order valence-electron chi connectivity index (χ1n) is 9.76. The molecular weight excluding hydrogens is 378 g/mol. The van der Waals surface area contributed by atoms with Crippen molar-refractivity contribution in [3.8, 4) is 17.2 Å². The van der Waals surface area contributed by atoms with E-state index in [9.17, 15) is 9.59 Å². The maximum absolute atomic E-state index is 13.0. The maximum atomic E-state index is 13.0. The molecule has 1 aliphatic carbocycles. The second-order valence-electron chi connectivity index (χ2n) is 7.29. The summed E-state index contributed by atoms with van der Waals surface area (Å²) in [5.41, 5.74) is 0.822. The van der Waals surface area contributed by atoms with Gasteiger partial charge in [0.25, 0.3) is 5.91 Å². The summed E-state index contributed by atoms with van der Waals surface area (Å²) in [6.45, 7) is 1.77. The second kappa shape index (κ2) is 7.44. The minimum absolute atomic E-state index is 0.0145. The van der Waals surface area contributed by atoms with Gasteiger partial charge < -0.3 is 28.3 Å². The largest absolute Gasteiger partial charge is 0.491 e. The van der Waals surface area contributed by atoms with Gasteiger partial charge in [-0.25, -0.2) is 0 Å². The quantitative estimate of drug-likeness (QED) is 0.780. The number of rotatable bonds is 4. The van der Waals surface area contributed by atoms with Crippen LogP contribution < -0.4 is 14.2 Å². The Labute approximate surface area is 167 Å². The Morgan fingerprint density at radius 2 is 2.10 bits per heavy atom. The number of carbonyl (C=O) groups excluding carboxylic acids is 2. The predicted octanol–water partition coefficient (Wildman–Crippen LogP) is 2.45. The molecule has 1 unspecified atom stereocenters. The van der Waals surface area contributed by atoms with Crippen LogP contribution >= 0.6 is 0 Å². The van der Waals surface area contributed by atoms with E-state index >= 15 is 0 Å². The Bertz CT molecular complexity index is 951. The van der Waals surface area contributed by atoms with Crippen LogP contribution in [0, 0.1) is 0 Å². The van der Waals surface area contributed by atoms with Crippen LogP contribution in [0.1, 0.15) is 39.3 Å². The topological polar surface area (TPSA) is 87.4 Å². The molecule has 2 aliphatic heterocycles. The zero-order valence-corrected chi connectivity index (χ0v) is 15.8. The summed E-state index contributed by atoms with van der Waals surface area (Å²) in [5.74, 6) is 2.41. The number of ether oxygens (including phenoxy) is 4. The molecule has 1 fully saturated rings. The van der Waals surface area contributed by atoms with Gasteiger partial charge >= 0.3 is 0 Å². The number of morpholine rings is 1. The molecule has 0 spiro atoms. The summed E-state index contributed by atoms with van der Waals surface area (Å²) < 4.78 is 27.7. The fourth-order valence-corrected chi connectivity index (χ4v) is 3.91. The summed E-state index contributed by atoms with van der Waals surface area (Å²) >= 11 is 0. The van der Waals surface area contributed by atoms with Crippen molar-refractivity contribution in [3.05, 3.63) is 41.3 Å². The van der Waals surface area contributed by atoms with E-state index in [0.29, 0.717) is 73.3 Å². The highest BCUT2D eigenvalue weighted by molar-refractivity contribution is 6.09. The minimum atomic E-state index is -0.267. The zero-order chi connectivity index (χ0) is 19.8. The molecule has 0 N–H and O–H groups in total. The number of furan rings is 1. The molecular formula is C21H21NO7. The Hall–Kier alpha value is -3.00. The number of aryl methyl sites for hydroxylation is 1. The van der Waals surface area contributed by atoms with Crippen molar-refractivity contribution in [1.82, 2.24) is 4.90 Å². The standard InChI is InChI=1S/C21H21NO7/c23-16-2-1-3-18-20(16)15(11-27-18)21(24)22-6-7-25-14(9-22)10-26-13-4-5-17-19(8-13)29-12-28-17/h4-5,8,11,14H,1-3,6-7,9-10,12H2.